The van der Waals surface area contributed by atoms with Crippen LogP contribution >= 0.6 is 0 Å². The van der Waals surface area contributed by atoms with Crippen LogP contribution in [0.3, 0.4) is 0 Å². The maximum absolute atomic E-state index is 4.61. The largest absolute Gasteiger partial charge is 0.405 e. The molecular formula is C2H9NSi. The highest BCUT2D eigenvalue weighted by atomic mass is 28.1. The Morgan fingerprint density at radius 1 is 1.75 bits per heavy atom. The second-order valence-corrected chi connectivity index (χ2v) is 0.236. The van der Waals surface area contributed by atoms with Crippen LogP contribution in [0.2, 0.25) is 0 Å². The molecule has 0 rings (SSSR count). The van der Waals surface area contributed by atoms with E-state index in [1.165, 1.54) is 6.20 Å². The van der Waals surface area contributed by atoms with Crippen molar-refractivity contribution < 1.29 is 0 Å². The quantitative estimate of drug-likeness (QED) is 0.353. The lowest BCUT2D eigenvalue weighted by Crippen LogP contribution is -1.67. The van der Waals surface area contributed by atoms with Gasteiger partial charge in [0.2, 0.25) is 0 Å². The molecule has 4 heavy (non-hydrogen) atoms. The van der Waals surface area contributed by atoms with Gasteiger partial charge in [-0.2, -0.15) is 0 Å². The van der Waals surface area contributed by atoms with Crippen molar-refractivity contribution >= 4 is 11.0 Å². The van der Waals surface area contributed by atoms with Crippen molar-refractivity contribution in [2.75, 3.05) is 0 Å². The van der Waals surface area contributed by atoms with Crippen molar-refractivity contribution in [2.45, 2.75) is 0 Å². The minimum absolute atomic E-state index is 0. The van der Waals surface area contributed by atoms with Gasteiger partial charge in [0.15, 0.2) is 0 Å². The van der Waals surface area contributed by atoms with Crippen molar-refractivity contribution in [2.24, 2.45) is 5.73 Å². The van der Waals surface area contributed by atoms with Gasteiger partial charge in [0.05, 0.1) is 0 Å². The molecule has 0 aliphatic rings. The van der Waals surface area contributed by atoms with E-state index >= 15 is 0 Å². The summed E-state index contributed by atoms with van der Waals surface area (Å²) in [6.45, 7) is 3.14. The number of nitrogens with two attached hydrogens (primary N) is 1. The van der Waals surface area contributed by atoms with E-state index in [2.05, 4.69) is 12.3 Å². The van der Waals surface area contributed by atoms with Crippen molar-refractivity contribution in [3.05, 3.63) is 12.8 Å². The summed E-state index contributed by atoms with van der Waals surface area (Å²) in [6, 6.07) is 0. The third-order valence-corrected chi connectivity index (χ3v) is 0. The van der Waals surface area contributed by atoms with Crippen LogP contribution in [0.1, 0.15) is 0 Å². The Bertz CT molecular complexity index is 13.5. The fraction of sp³-hybridized carbons (Fsp3) is 0. The second-order valence-electron chi connectivity index (χ2n) is 0.236. The van der Waals surface area contributed by atoms with Gasteiger partial charge < -0.3 is 5.73 Å². The maximum atomic E-state index is 4.61. The Balaban J connectivity index is 0. The summed E-state index contributed by atoms with van der Waals surface area (Å²) in [4.78, 5) is 0. The first kappa shape index (κ1) is 9.25. The molecule has 0 saturated heterocycles. The van der Waals surface area contributed by atoms with E-state index in [4.69, 9.17) is 0 Å². The number of hydrogen-bond donors (Lipinski definition) is 1. The molecule has 0 fully saturated rings. The highest BCUT2D eigenvalue weighted by molar-refractivity contribution is 5.75. The molecule has 1 nitrogen and oxygen atoms in total. The normalized spacial score (nSPS) is 3.00. The zero-order valence-electron chi connectivity index (χ0n) is 1.86. The van der Waals surface area contributed by atoms with Crippen LogP contribution in [0, 0.1) is 0 Å². The Morgan fingerprint density at radius 3 is 1.75 bits per heavy atom. The molecule has 0 saturated carbocycles. The van der Waals surface area contributed by atoms with E-state index < -0.39 is 0 Å². The summed E-state index contributed by atoms with van der Waals surface area (Å²) >= 11 is 0. The predicted octanol–water partition coefficient (Wildman–Crippen LogP) is -1.36. The van der Waals surface area contributed by atoms with Crippen molar-refractivity contribution in [3.8, 4) is 0 Å². The van der Waals surface area contributed by atoms with Gasteiger partial charge in [0.25, 0.3) is 0 Å². The average molecular weight is 75.2 g/mol. The summed E-state index contributed by atoms with van der Waals surface area (Å²) in [7, 11) is 0. The summed E-state index contributed by atoms with van der Waals surface area (Å²) < 4.78 is 0. The Kier molecular flexibility index (Phi) is 34.4. The molecule has 0 heterocycles. The van der Waals surface area contributed by atoms with Crippen LogP contribution in [0.4, 0.5) is 0 Å². The van der Waals surface area contributed by atoms with Crippen LogP contribution in [0.25, 0.3) is 0 Å². The zero-order valence-corrected chi connectivity index (χ0v) is 1.86. The van der Waals surface area contributed by atoms with Crippen LogP contribution in [0.15, 0.2) is 12.8 Å². The van der Waals surface area contributed by atoms with Gasteiger partial charge in [-0.25, -0.2) is 0 Å². The molecule has 0 aliphatic heterocycles. The van der Waals surface area contributed by atoms with Crippen LogP contribution in [-0.2, 0) is 0 Å². The van der Waals surface area contributed by atoms with Gasteiger partial charge in [-0.3, -0.25) is 0 Å². The fourth-order valence-electron chi connectivity index (χ4n) is 0. The monoisotopic (exact) mass is 75.1 g/mol. The lowest BCUT2D eigenvalue weighted by molar-refractivity contribution is 1.64. The van der Waals surface area contributed by atoms with Crippen LogP contribution in [0.5, 0.6) is 0 Å². The van der Waals surface area contributed by atoms with E-state index in [9.17, 15) is 0 Å². The van der Waals surface area contributed by atoms with Gasteiger partial charge in [0.1, 0.15) is 0 Å². The number of rotatable bonds is 0. The van der Waals surface area contributed by atoms with E-state index in [0.717, 1.165) is 0 Å². The smallest absolute Gasteiger partial charge is 0.0136 e. The third kappa shape index (κ3) is 17.0. The predicted molar refractivity (Wildman–Crippen MR) is 25.7 cm³/mol. The first-order chi connectivity index (χ1) is 1.41. The average Bonchev–Trinajstić information content (AvgIpc) is 0.918. The summed E-state index contributed by atoms with van der Waals surface area (Å²) in [5.74, 6) is 0. The fourth-order valence-corrected chi connectivity index (χ4v) is 0. The van der Waals surface area contributed by atoms with E-state index in [-0.39, 0.29) is 11.0 Å². The van der Waals surface area contributed by atoms with Crippen molar-refractivity contribution in [1.82, 2.24) is 0 Å². The Morgan fingerprint density at radius 2 is 1.75 bits per heavy atom. The zero-order chi connectivity index (χ0) is 2.71. The molecule has 0 spiro atoms. The molecular weight excluding hydrogens is 66.1 g/mol. The van der Waals surface area contributed by atoms with Gasteiger partial charge >= 0.3 is 0 Å². The molecule has 0 aromatic rings. The minimum Gasteiger partial charge on any atom is -0.405 e. The summed E-state index contributed by atoms with van der Waals surface area (Å²) in [5, 5.41) is 0. The second kappa shape index (κ2) is 14.9. The van der Waals surface area contributed by atoms with E-state index in [1.54, 1.807) is 0 Å². The molecule has 0 unspecified atom stereocenters. The minimum atomic E-state index is 0. The molecule has 0 aromatic heterocycles. The van der Waals surface area contributed by atoms with Crippen molar-refractivity contribution in [1.29, 1.82) is 0 Å². The highest BCUT2D eigenvalue weighted by Crippen LogP contribution is 1.13. The van der Waals surface area contributed by atoms with E-state index in [1.807, 2.05) is 0 Å². The summed E-state index contributed by atoms with van der Waals surface area (Å²) in [5.41, 5.74) is 4.61. The molecule has 2 heteroatoms. The molecule has 0 aromatic carbocycles. The molecule has 0 aliphatic carbocycles. The SMILES string of the molecule is C=CN.[SiH4]. The Labute approximate surface area is 30.5 Å². The van der Waals surface area contributed by atoms with Gasteiger partial charge in [-0.05, 0) is 17.2 Å². The van der Waals surface area contributed by atoms with Gasteiger partial charge in [0, 0.05) is 0 Å². The topological polar surface area (TPSA) is 26.0 Å². The molecule has 0 amide bonds. The lowest BCUT2D eigenvalue weighted by atomic mass is 11.1. The lowest BCUT2D eigenvalue weighted by Gasteiger charge is -1.40. The van der Waals surface area contributed by atoms with Crippen LogP contribution < -0.4 is 5.73 Å². The molecule has 0 bridgehead atoms. The highest BCUT2D eigenvalue weighted by Gasteiger charge is 1.09. The van der Waals surface area contributed by atoms with Gasteiger partial charge in [-0.15, -0.1) is 0 Å². The first-order valence-electron chi connectivity index (χ1n) is 0.742. The first-order valence-corrected chi connectivity index (χ1v) is 0.742. The molecule has 2 N–H and O–H groups in total. The molecule has 26 valence electrons. The van der Waals surface area contributed by atoms with Crippen molar-refractivity contribution in [3.63, 3.8) is 0 Å². The maximum Gasteiger partial charge on any atom is -0.0136 e. The summed E-state index contributed by atoms with van der Waals surface area (Å²) in [6.07, 6.45) is 1.25. The van der Waals surface area contributed by atoms with E-state index in [0.29, 0.717) is 0 Å². The molecule has 0 atom stereocenters. The Hall–Kier alpha value is -0.243. The standard InChI is InChI=1S/C2H5N.H4Si/c1-2-3;/h2H,1,3H2;1H4. The number of hydrogen-bond acceptors (Lipinski definition) is 1. The van der Waals surface area contributed by atoms with Crippen LogP contribution in [-0.4, -0.2) is 11.0 Å². The third-order valence-electron chi connectivity index (χ3n) is 0. The molecule has 0 radical (unpaired) electrons. The van der Waals surface area contributed by atoms with Gasteiger partial charge in [-0.1, -0.05) is 6.58 Å².